The lowest BCUT2D eigenvalue weighted by atomic mass is 10.1. The Morgan fingerprint density at radius 2 is 1.89 bits per heavy atom. The molecule has 2 heterocycles. The van der Waals surface area contributed by atoms with Gasteiger partial charge in [0.15, 0.2) is 0 Å². The molecule has 1 saturated heterocycles. The van der Waals surface area contributed by atoms with Gasteiger partial charge in [-0.15, -0.1) is 0 Å². The fourth-order valence-electron chi connectivity index (χ4n) is 3.19. The number of hydrogen-bond donors (Lipinski definition) is 7. The first kappa shape index (κ1) is 30.0. The van der Waals surface area contributed by atoms with E-state index in [1.165, 1.54) is 17.0 Å². The van der Waals surface area contributed by atoms with Crippen molar-refractivity contribution in [3.8, 4) is 0 Å². The van der Waals surface area contributed by atoms with Crippen LogP contribution >= 0.6 is 21.6 Å². The number of carbonyl (C=O) groups excluding carboxylic acids is 3. The van der Waals surface area contributed by atoms with Crippen molar-refractivity contribution in [2.45, 2.75) is 50.2 Å². The van der Waals surface area contributed by atoms with Gasteiger partial charge in [-0.2, -0.15) is 0 Å². The zero-order chi connectivity index (χ0) is 26.7. The quantitative estimate of drug-likeness (QED) is 0.0906. The molecule has 1 fully saturated rings. The molecule has 1 aromatic rings. The van der Waals surface area contributed by atoms with Gasteiger partial charge in [0, 0.05) is 56.4 Å². The monoisotopic (exact) mass is 548 g/mol. The minimum absolute atomic E-state index is 0.0323. The summed E-state index contributed by atoms with van der Waals surface area (Å²) < 4.78 is 6.58. The van der Waals surface area contributed by atoms with Crippen LogP contribution in [0.1, 0.15) is 31.1 Å². The molecule has 14 nitrogen and oxygen atoms in total. The van der Waals surface area contributed by atoms with Gasteiger partial charge in [0.2, 0.25) is 16.9 Å². The highest BCUT2D eigenvalue weighted by Gasteiger charge is 2.35. The minimum Gasteiger partial charge on any atom is -0.394 e. The number of rotatable bonds is 14. The van der Waals surface area contributed by atoms with Crippen LogP contribution in [0.3, 0.4) is 0 Å². The highest BCUT2D eigenvalue weighted by Crippen LogP contribution is 2.27. The van der Waals surface area contributed by atoms with E-state index in [1.54, 1.807) is 0 Å². The fraction of sp³-hybridized carbons (Fsp3) is 0.650. The van der Waals surface area contributed by atoms with Crippen LogP contribution in [0.2, 0.25) is 0 Å². The number of hydrogen-bond acceptors (Lipinski definition) is 12. The van der Waals surface area contributed by atoms with Crippen LogP contribution in [0.4, 0.5) is 0 Å². The summed E-state index contributed by atoms with van der Waals surface area (Å²) in [6.07, 6.45) is -1.06. The molecular weight excluding hydrogens is 516 g/mol. The van der Waals surface area contributed by atoms with E-state index in [0.29, 0.717) is 5.75 Å². The summed E-state index contributed by atoms with van der Waals surface area (Å²) in [5, 5.41) is 24.1. The summed E-state index contributed by atoms with van der Waals surface area (Å²) in [4.78, 5) is 61.9. The van der Waals surface area contributed by atoms with Crippen molar-refractivity contribution in [1.82, 2.24) is 20.2 Å². The standard InChI is InChI=1S/C20H32N6O8S2/c21-8-12(22)19(32)36-35-6-3-16(30)24-5-4-23-15(29)2-1-11-9-26(20(33)25-18(11)31)17-7-13(28)14(10-27)34-17/h9,12-14,17,27-28H,1-8,10,21-22H2,(H,23,29)(H,24,30)(H,25,31,33)/t12-,13-,14+,17+/m0/s1. The van der Waals surface area contributed by atoms with Crippen molar-refractivity contribution in [3.05, 3.63) is 32.6 Å². The van der Waals surface area contributed by atoms with Crippen LogP contribution in [-0.2, 0) is 25.5 Å². The number of nitrogens with two attached hydrogens (primary N) is 2. The number of aliphatic hydroxyl groups excluding tert-OH is 2. The smallest absolute Gasteiger partial charge is 0.330 e. The average Bonchev–Trinajstić information content (AvgIpc) is 3.23. The molecule has 0 aliphatic carbocycles. The molecule has 36 heavy (non-hydrogen) atoms. The number of ether oxygens (including phenoxy) is 1. The Morgan fingerprint density at radius 3 is 2.50 bits per heavy atom. The third-order valence-corrected chi connectivity index (χ3v) is 7.54. The molecule has 1 aliphatic rings. The van der Waals surface area contributed by atoms with Crippen LogP contribution < -0.4 is 33.3 Å². The molecule has 1 aliphatic heterocycles. The summed E-state index contributed by atoms with van der Waals surface area (Å²) in [5.74, 6) is -0.172. The molecule has 16 heteroatoms. The maximum atomic E-state index is 12.1. The average molecular weight is 549 g/mol. The Bertz CT molecular complexity index is 1020. The summed E-state index contributed by atoms with van der Waals surface area (Å²) >= 11 is 0. The van der Waals surface area contributed by atoms with Gasteiger partial charge in [-0.3, -0.25) is 28.7 Å². The van der Waals surface area contributed by atoms with Crippen LogP contribution in [0.5, 0.6) is 0 Å². The number of amides is 2. The Hall–Kier alpha value is -2.21. The molecule has 0 bridgehead atoms. The topological polar surface area (TPSA) is 232 Å². The highest BCUT2D eigenvalue weighted by atomic mass is 33.1. The molecule has 9 N–H and O–H groups in total. The normalized spacial score (nSPS) is 20.2. The van der Waals surface area contributed by atoms with Crippen LogP contribution in [0.25, 0.3) is 0 Å². The molecule has 0 unspecified atom stereocenters. The van der Waals surface area contributed by atoms with Crippen molar-refractivity contribution in [1.29, 1.82) is 0 Å². The molecule has 0 spiro atoms. The first-order valence-electron chi connectivity index (χ1n) is 11.3. The number of aromatic amines is 1. The summed E-state index contributed by atoms with van der Waals surface area (Å²) in [6, 6.07) is -0.722. The van der Waals surface area contributed by atoms with Crippen molar-refractivity contribution in [2.24, 2.45) is 11.5 Å². The van der Waals surface area contributed by atoms with Gasteiger partial charge in [-0.25, -0.2) is 4.79 Å². The number of H-pyrrole nitrogens is 1. The molecule has 0 aromatic carbocycles. The summed E-state index contributed by atoms with van der Waals surface area (Å²) in [5.41, 5.74) is 9.65. The molecular formula is C20H32N6O8S2. The van der Waals surface area contributed by atoms with Crippen LogP contribution in [0.15, 0.2) is 15.8 Å². The number of aryl methyl sites for hydroxylation is 1. The van der Waals surface area contributed by atoms with Gasteiger partial charge < -0.3 is 37.1 Å². The molecule has 4 atom stereocenters. The lowest BCUT2D eigenvalue weighted by Gasteiger charge is -2.15. The van der Waals surface area contributed by atoms with Gasteiger partial charge in [-0.05, 0) is 17.2 Å². The first-order valence-corrected chi connectivity index (χ1v) is 13.6. The fourth-order valence-corrected chi connectivity index (χ4v) is 5.10. The number of aliphatic hydroxyl groups is 2. The van der Waals surface area contributed by atoms with E-state index < -0.39 is 42.3 Å². The number of nitrogens with one attached hydrogen (secondary N) is 3. The van der Waals surface area contributed by atoms with E-state index in [2.05, 4.69) is 15.6 Å². The molecule has 2 rings (SSSR count). The van der Waals surface area contributed by atoms with Crippen molar-refractivity contribution in [3.63, 3.8) is 0 Å². The Labute approximate surface area is 214 Å². The van der Waals surface area contributed by atoms with Gasteiger partial charge in [0.05, 0.1) is 18.8 Å². The maximum Gasteiger partial charge on any atom is 0.330 e. The van der Waals surface area contributed by atoms with E-state index in [0.717, 1.165) is 15.4 Å². The molecule has 202 valence electrons. The second kappa shape index (κ2) is 15.1. The van der Waals surface area contributed by atoms with Gasteiger partial charge in [0.1, 0.15) is 12.3 Å². The second-order valence-corrected chi connectivity index (χ2v) is 10.4. The van der Waals surface area contributed by atoms with E-state index in [1.807, 2.05) is 0 Å². The molecule has 0 radical (unpaired) electrons. The summed E-state index contributed by atoms with van der Waals surface area (Å²) in [7, 11) is 2.18. The highest BCUT2D eigenvalue weighted by molar-refractivity contribution is 8.82. The van der Waals surface area contributed by atoms with Crippen LogP contribution in [-0.4, -0.2) is 86.9 Å². The van der Waals surface area contributed by atoms with Crippen LogP contribution in [0, 0.1) is 0 Å². The van der Waals surface area contributed by atoms with Gasteiger partial charge in [0.25, 0.3) is 5.56 Å². The van der Waals surface area contributed by atoms with Crippen molar-refractivity contribution in [2.75, 3.05) is 32.0 Å². The van der Waals surface area contributed by atoms with E-state index >= 15 is 0 Å². The summed E-state index contributed by atoms with van der Waals surface area (Å²) in [6.45, 7) is 0.0428. The molecule has 1 aromatic heterocycles. The third-order valence-electron chi connectivity index (χ3n) is 5.24. The Balaban J connectivity index is 1.69. The number of carbonyl (C=O) groups is 3. The molecule has 0 saturated carbocycles. The van der Waals surface area contributed by atoms with Crippen molar-refractivity contribution >= 4 is 38.5 Å². The molecule has 2 amide bonds. The number of nitrogens with zero attached hydrogens (tertiary/aromatic N) is 1. The Morgan fingerprint density at radius 1 is 1.22 bits per heavy atom. The first-order chi connectivity index (χ1) is 17.2. The number of aromatic nitrogens is 2. The van der Waals surface area contributed by atoms with Crippen molar-refractivity contribution < 1.29 is 29.3 Å². The van der Waals surface area contributed by atoms with Gasteiger partial charge >= 0.3 is 5.69 Å². The lowest BCUT2D eigenvalue weighted by Crippen LogP contribution is -2.36. The zero-order valence-corrected chi connectivity index (χ0v) is 21.1. The van der Waals surface area contributed by atoms with E-state index in [9.17, 15) is 34.2 Å². The van der Waals surface area contributed by atoms with Gasteiger partial charge in [-0.1, -0.05) is 10.8 Å². The van der Waals surface area contributed by atoms with E-state index in [4.69, 9.17) is 16.2 Å². The predicted octanol–water partition coefficient (Wildman–Crippen LogP) is -3.07. The second-order valence-electron chi connectivity index (χ2n) is 7.95. The maximum absolute atomic E-state index is 12.1. The Kier molecular flexibility index (Phi) is 12.6. The zero-order valence-electron chi connectivity index (χ0n) is 19.5. The lowest BCUT2D eigenvalue weighted by molar-refractivity contribution is -0.122. The SMILES string of the molecule is NC[C@H](N)C(=O)SSCCC(=O)NCCNC(=O)CCc1cn([C@H]2C[C@H](O)[C@@H](CO)O2)c(=O)[nH]c1=O. The predicted molar refractivity (Wildman–Crippen MR) is 134 cm³/mol. The third kappa shape index (κ3) is 9.34. The van der Waals surface area contributed by atoms with E-state index in [-0.39, 0.29) is 67.8 Å². The largest absolute Gasteiger partial charge is 0.394 e. The minimum atomic E-state index is -0.948.